The number of amides is 1. The Morgan fingerprint density at radius 2 is 1.90 bits per heavy atom. The van der Waals surface area contributed by atoms with Crippen LogP contribution in [0.2, 0.25) is 10.0 Å². The summed E-state index contributed by atoms with van der Waals surface area (Å²) in [6.45, 7) is 2.82. The SMILES string of the molecule is Cc1ccc(CN2C(=O)CCC2CC(=O)OCCOc2ccc(Cl)cc2Cl)cc1. The van der Waals surface area contributed by atoms with E-state index in [4.69, 9.17) is 32.7 Å². The lowest BCUT2D eigenvalue weighted by Gasteiger charge is -2.24. The van der Waals surface area contributed by atoms with Gasteiger partial charge in [-0.1, -0.05) is 53.0 Å². The van der Waals surface area contributed by atoms with Crippen LogP contribution in [-0.2, 0) is 20.9 Å². The molecule has 1 saturated heterocycles. The van der Waals surface area contributed by atoms with E-state index in [9.17, 15) is 9.59 Å². The summed E-state index contributed by atoms with van der Waals surface area (Å²) in [4.78, 5) is 26.2. The third-order valence-electron chi connectivity index (χ3n) is 4.83. The number of likely N-dealkylation sites (tertiary alicyclic amines) is 1. The number of nitrogens with zero attached hydrogens (tertiary/aromatic N) is 1. The highest BCUT2D eigenvalue weighted by molar-refractivity contribution is 6.35. The molecule has 3 rings (SSSR count). The van der Waals surface area contributed by atoms with Gasteiger partial charge >= 0.3 is 5.97 Å². The van der Waals surface area contributed by atoms with Gasteiger partial charge in [-0.05, 0) is 37.1 Å². The van der Waals surface area contributed by atoms with Crippen LogP contribution in [0.15, 0.2) is 42.5 Å². The highest BCUT2D eigenvalue weighted by Crippen LogP contribution is 2.27. The molecule has 0 radical (unpaired) electrons. The van der Waals surface area contributed by atoms with Gasteiger partial charge in [0.1, 0.15) is 19.0 Å². The maximum absolute atomic E-state index is 12.2. The van der Waals surface area contributed by atoms with E-state index < -0.39 is 0 Å². The fourth-order valence-electron chi connectivity index (χ4n) is 3.26. The van der Waals surface area contributed by atoms with Crippen molar-refractivity contribution in [2.24, 2.45) is 0 Å². The van der Waals surface area contributed by atoms with Gasteiger partial charge in [0.05, 0.1) is 11.4 Å². The Kier molecular flexibility index (Phi) is 7.40. The molecule has 1 fully saturated rings. The molecule has 2 aromatic carbocycles. The van der Waals surface area contributed by atoms with Crippen LogP contribution >= 0.6 is 23.2 Å². The summed E-state index contributed by atoms with van der Waals surface area (Å²) in [5.41, 5.74) is 2.22. The number of benzene rings is 2. The molecule has 0 bridgehead atoms. The van der Waals surface area contributed by atoms with E-state index in [2.05, 4.69) is 0 Å². The quantitative estimate of drug-likeness (QED) is 0.441. The van der Waals surface area contributed by atoms with Crippen molar-refractivity contribution in [2.45, 2.75) is 38.8 Å². The van der Waals surface area contributed by atoms with Crippen LogP contribution in [0.3, 0.4) is 0 Å². The molecule has 1 aliphatic rings. The molecule has 1 amide bonds. The second-order valence-electron chi connectivity index (χ2n) is 7.05. The maximum atomic E-state index is 12.2. The van der Waals surface area contributed by atoms with Crippen LogP contribution in [-0.4, -0.2) is 36.0 Å². The van der Waals surface area contributed by atoms with Gasteiger partial charge in [-0.15, -0.1) is 0 Å². The van der Waals surface area contributed by atoms with Crippen LogP contribution in [0, 0.1) is 6.92 Å². The van der Waals surface area contributed by atoms with E-state index in [0.29, 0.717) is 35.2 Å². The molecule has 0 aliphatic carbocycles. The topological polar surface area (TPSA) is 55.8 Å². The third kappa shape index (κ3) is 6.12. The van der Waals surface area contributed by atoms with E-state index in [-0.39, 0.29) is 37.6 Å². The Balaban J connectivity index is 1.45. The monoisotopic (exact) mass is 435 g/mol. The first kappa shape index (κ1) is 21.5. The van der Waals surface area contributed by atoms with Gasteiger partial charge in [-0.3, -0.25) is 9.59 Å². The molecule has 1 unspecified atom stereocenters. The summed E-state index contributed by atoms with van der Waals surface area (Å²) in [6.07, 6.45) is 1.30. The fraction of sp³-hybridized carbons (Fsp3) is 0.364. The summed E-state index contributed by atoms with van der Waals surface area (Å²) in [5, 5.41) is 0.926. The summed E-state index contributed by atoms with van der Waals surface area (Å²) in [6, 6.07) is 12.9. The molecule has 0 spiro atoms. The molecule has 1 atom stereocenters. The van der Waals surface area contributed by atoms with Gasteiger partial charge in [0.25, 0.3) is 0 Å². The molecule has 0 saturated carbocycles. The van der Waals surface area contributed by atoms with E-state index >= 15 is 0 Å². The molecular weight excluding hydrogens is 413 g/mol. The number of esters is 1. The largest absolute Gasteiger partial charge is 0.488 e. The second kappa shape index (κ2) is 9.99. The highest BCUT2D eigenvalue weighted by Gasteiger charge is 2.32. The van der Waals surface area contributed by atoms with Crippen molar-refractivity contribution in [3.05, 3.63) is 63.6 Å². The number of rotatable bonds is 8. The zero-order chi connectivity index (χ0) is 20.8. The lowest BCUT2D eigenvalue weighted by Crippen LogP contribution is -2.34. The Bertz CT molecular complexity index is 870. The summed E-state index contributed by atoms with van der Waals surface area (Å²) in [5.74, 6) is 0.214. The Morgan fingerprint density at radius 1 is 1.14 bits per heavy atom. The highest BCUT2D eigenvalue weighted by atomic mass is 35.5. The summed E-state index contributed by atoms with van der Waals surface area (Å²) >= 11 is 11.9. The first-order valence-electron chi connectivity index (χ1n) is 9.51. The minimum Gasteiger partial charge on any atom is -0.488 e. The lowest BCUT2D eigenvalue weighted by molar-refractivity contribution is -0.146. The molecule has 0 N–H and O–H groups in total. The van der Waals surface area contributed by atoms with Crippen LogP contribution in [0.1, 0.15) is 30.4 Å². The number of halogens is 2. The minimum absolute atomic E-state index is 0.0732. The van der Waals surface area contributed by atoms with Gasteiger partial charge in [0.2, 0.25) is 5.91 Å². The number of hydrogen-bond donors (Lipinski definition) is 0. The van der Waals surface area contributed by atoms with Gasteiger partial charge in [-0.25, -0.2) is 0 Å². The lowest BCUT2D eigenvalue weighted by atomic mass is 10.1. The van der Waals surface area contributed by atoms with Crippen molar-refractivity contribution in [1.29, 1.82) is 0 Å². The number of hydrogen-bond acceptors (Lipinski definition) is 4. The van der Waals surface area contributed by atoms with E-state index in [1.807, 2.05) is 31.2 Å². The van der Waals surface area contributed by atoms with Crippen LogP contribution < -0.4 is 4.74 Å². The molecule has 154 valence electrons. The zero-order valence-corrected chi connectivity index (χ0v) is 17.7. The van der Waals surface area contributed by atoms with Crippen LogP contribution in [0.25, 0.3) is 0 Å². The molecule has 0 aromatic heterocycles. The molecule has 1 heterocycles. The molecule has 7 heteroatoms. The number of aryl methyl sites for hydroxylation is 1. The van der Waals surface area contributed by atoms with E-state index in [1.54, 1.807) is 23.1 Å². The molecule has 29 heavy (non-hydrogen) atoms. The Hall–Kier alpha value is -2.24. The van der Waals surface area contributed by atoms with E-state index in [0.717, 1.165) is 5.56 Å². The van der Waals surface area contributed by atoms with Crippen molar-refractivity contribution in [2.75, 3.05) is 13.2 Å². The van der Waals surface area contributed by atoms with Crippen molar-refractivity contribution in [1.82, 2.24) is 4.90 Å². The van der Waals surface area contributed by atoms with Crippen LogP contribution in [0.4, 0.5) is 0 Å². The Labute approximate surface area is 180 Å². The summed E-state index contributed by atoms with van der Waals surface area (Å²) in [7, 11) is 0. The van der Waals surface area contributed by atoms with Gasteiger partial charge in [0.15, 0.2) is 0 Å². The number of carbonyl (C=O) groups excluding carboxylic acids is 2. The van der Waals surface area contributed by atoms with Gasteiger partial charge in [-0.2, -0.15) is 0 Å². The second-order valence-corrected chi connectivity index (χ2v) is 7.89. The fourth-order valence-corrected chi connectivity index (χ4v) is 3.73. The van der Waals surface area contributed by atoms with E-state index in [1.165, 1.54) is 5.56 Å². The predicted molar refractivity (Wildman–Crippen MR) is 112 cm³/mol. The standard InChI is InChI=1S/C22H23Cl2NO4/c1-15-2-4-16(5-3-15)14-25-18(7-9-21(25)26)13-22(27)29-11-10-28-20-8-6-17(23)12-19(20)24/h2-6,8,12,18H,7,9-11,13-14H2,1H3. The van der Waals surface area contributed by atoms with Crippen LogP contribution in [0.5, 0.6) is 5.75 Å². The average Bonchev–Trinajstić information content (AvgIpc) is 3.01. The molecule has 5 nitrogen and oxygen atoms in total. The summed E-state index contributed by atoms with van der Waals surface area (Å²) < 4.78 is 10.8. The van der Waals surface area contributed by atoms with Crippen molar-refractivity contribution in [3.8, 4) is 5.75 Å². The first-order chi connectivity index (χ1) is 13.9. The van der Waals surface area contributed by atoms with Gasteiger partial charge < -0.3 is 14.4 Å². The number of ether oxygens (including phenoxy) is 2. The third-order valence-corrected chi connectivity index (χ3v) is 5.36. The average molecular weight is 436 g/mol. The Morgan fingerprint density at radius 3 is 2.62 bits per heavy atom. The van der Waals surface area contributed by atoms with Crippen molar-refractivity contribution in [3.63, 3.8) is 0 Å². The number of carbonyl (C=O) groups is 2. The first-order valence-corrected chi connectivity index (χ1v) is 10.3. The molecular formula is C22H23Cl2NO4. The smallest absolute Gasteiger partial charge is 0.307 e. The zero-order valence-electron chi connectivity index (χ0n) is 16.2. The maximum Gasteiger partial charge on any atom is 0.307 e. The van der Waals surface area contributed by atoms with Gasteiger partial charge in [0, 0.05) is 24.0 Å². The predicted octanol–water partition coefficient (Wildman–Crippen LogP) is 4.81. The van der Waals surface area contributed by atoms with Crippen molar-refractivity contribution >= 4 is 35.1 Å². The van der Waals surface area contributed by atoms with Crippen molar-refractivity contribution < 1.29 is 19.1 Å². The normalized spacial score (nSPS) is 16.2. The molecule has 2 aromatic rings. The molecule has 1 aliphatic heterocycles. The minimum atomic E-state index is -0.343.